The number of nitrogens with zero attached hydrogens (tertiary/aromatic N) is 1. The molecule has 3 N–H and O–H groups in total. The lowest BCUT2D eigenvalue weighted by Gasteiger charge is -2.25. The Kier molecular flexibility index (Phi) is 6.65. The summed E-state index contributed by atoms with van der Waals surface area (Å²) in [5.41, 5.74) is 7.45. The molecule has 1 aromatic heterocycles. The van der Waals surface area contributed by atoms with Crippen LogP contribution in [0.1, 0.15) is 66.7 Å². The molecule has 2 aromatic carbocycles. The van der Waals surface area contributed by atoms with E-state index in [0.717, 1.165) is 12.8 Å². The Hall–Kier alpha value is -3.49. The summed E-state index contributed by atoms with van der Waals surface area (Å²) in [4.78, 5) is 17.8. The summed E-state index contributed by atoms with van der Waals surface area (Å²) in [6.07, 6.45) is 2.47. The molecule has 1 aliphatic heterocycles. The second-order valence-corrected chi connectivity index (χ2v) is 10.8. The number of carbonyl (C=O) groups excluding carboxylic acids is 1. The number of Topliss-reactive ketones (excluding diaryl/α,β-unsaturated/α-hetero) is 1. The van der Waals surface area contributed by atoms with Crippen LogP contribution in [0.15, 0.2) is 42.5 Å². The van der Waals surface area contributed by atoms with E-state index in [1.807, 2.05) is 6.92 Å². The van der Waals surface area contributed by atoms with Gasteiger partial charge in [0.05, 0.1) is 24.4 Å². The van der Waals surface area contributed by atoms with Crippen molar-refractivity contribution < 1.29 is 28.5 Å². The van der Waals surface area contributed by atoms with Crippen molar-refractivity contribution in [1.29, 1.82) is 0 Å². The quantitative estimate of drug-likeness (QED) is 0.375. The smallest absolute Gasteiger partial charge is 0.163 e. The highest BCUT2D eigenvalue weighted by Crippen LogP contribution is 2.44. The van der Waals surface area contributed by atoms with Crippen LogP contribution < -0.4 is 19.9 Å². The Morgan fingerprint density at radius 1 is 1.24 bits per heavy atom. The van der Waals surface area contributed by atoms with Gasteiger partial charge < -0.3 is 25.1 Å². The number of ketones is 1. The number of aromatic nitrogens is 1. The number of fused-ring (bicyclic) bond motifs is 1. The Morgan fingerprint density at radius 3 is 2.68 bits per heavy atom. The topological polar surface area (TPSA) is 104 Å². The average Bonchev–Trinajstić information content (AvgIpc) is 3.65. The van der Waals surface area contributed by atoms with E-state index in [2.05, 4.69) is 0 Å². The van der Waals surface area contributed by atoms with Crippen LogP contribution in [0.2, 0.25) is 0 Å². The second-order valence-electron chi connectivity index (χ2n) is 10.8. The number of ether oxygens (including phenoxy) is 3. The van der Waals surface area contributed by atoms with E-state index in [1.165, 1.54) is 6.07 Å². The molecule has 2 unspecified atom stereocenters. The van der Waals surface area contributed by atoms with Gasteiger partial charge in [0.2, 0.25) is 0 Å². The summed E-state index contributed by atoms with van der Waals surface area (Å²) in [6, 6.07) is 11.6. The Bertz CT molecular complexity index is 1400. The van der Waals surface area contributed by atoms with Crippen molar-refractivity contribution in [3.8, 4) is 28.5 Å². The van der Waals surface area contributed by atoms with Gasteiger partial charge in [-0.05, 0) is 88.1 Å². The number of pyridine rings is 1. The number of benzene rings is 2. The van der Waals surface area contributed by atoms with E-state index in [4.69, 9.17) is 24.9 Å². The average molecular weight is 521 g/mol. The summed E-state index contributed by atoms with van der Waals surface area (Å²) in [6.45, 7) is 5.41. The standard InChI is InChI=1S/C30H33FN2O5/c1-17-13-19(5-9-22(17)31)27-28-21(29(2,32)16-37-28)15-26(33-27)30(3,35)12-11-23(34)18-6-10-24(25(14-18)36-4)38-20-7-8-20/h5-6,9-10,13-15,20,35H,7-8,11-12,16,32H2,1-4H3. The van der Waals surface area contributed by atoms with Gasteiger partial charge in [-0.2, -0.15) is 0 Å². The molecule has 2 heterocycles. The molecule has 2 atom stereocenters. The van der Waals surface area contributed by atoms with Gasteiger partial charge >= 0.3 is 0 Å². The fourth-order valence-electron chi connectivity index (χ4n) is 4.60. The van der Waals surface area contributed by atoms with Crippen molar-refractivity contribution >= 4 is 5.78 Å². The monoisotopic (exact) mass is 520 g/mol. The predicted molar refractivity (Wildman–Crippen MR) is 141 cm³/mol. The molecule has 0 spiro atoms. The van der Waals surface area contributed by atoms with Gasteiger partial charge in [-0.3, -0.25) is 4.79 Å². The van der Waals surface area contributed by atoms with Crippen molar-refractivity contribution in [2.75, 3.05) is 13.7 Å². The fourth-order valence-corrected chi connectivity index (χ4v) is 4.60. The fraction of sp³-hybridized carbons (Fsp3) is 0.400. The minimum absolute atomic E-state index is 0.0825. The first-order valence-electron chi connectivity index (χ1n) is 12.8. The van der Waals surface area contributed by atoms with Gasteiger partial charge in [-0.1, -0.05) is 0 Å². The van der Waals surface area contributed by atoms with E-state index < -0.39 is 11.1 Å². The molecule has 1 aliphatic carbocycles. The zero-order valence-electron chi connectivity index (χ0n) is 22.1. The van der Waals surface area contributed by atoms with Crippen molar-refractivity contribution in [3.05, 3.63) is 70.7 Å². The van der Waals surface area contributed by atoms with Crippen molar-refractivity contribution in [2.24, 2.45) is 5.73 Å². The summed E-state index contributed by atoms with van der Waals surface area (Å²) in [7, 11) is 1.54. The van der Waals surface area contributed by atoms with Crippen LogP contribution in [0.5, 0.6) is 17.2 Å². The number of aliphatic hydroxyl groups is 1. The highest BCUT2D eigenvalue weighted by molar-refractivity contribution is 5.96. The summed E-state index contributed by atoms with van der Waals surface area (Å²) in [5, 5.41) is 11.5. The van der Waals surface area contributed by atoms with Gasteiger partial charge in [0.15, 0.2) is 23.0 Å². The number of methoxy groups -OCH3 is 1. The molecule has 2 aliphatic rings. The number of hydrogen-bond donors (Lipinski definition) is 2. The van der Waals surface area contributed by atoms with Crippen LogP contribution in [0.4, 0.5) is 4.39 Å². The summed E-state index contributed by atoms with van der Waals surface area (Å²) in [5.74, 6) is 1.20. The van der Waals surface area contributed by atoms with E-state index in [9.17, 15) is 14.3 Å². The molecule has 3 aromatic rings. The van der Waals surface area contributed by atoms with Crippen molar-refractivity contribution in [3.63, 3.8) is 0 Å². The molecule has 0 saturated heterocycles. The van der Waals surface area contributed by atoms with E-state index >= 15 is 0 Å². The number of aryl methyl sites for hydroxylation is 1. The molecule has 38 heavy (non-hydrogen) atoms. The first-order chi connectivity index (χ1) is 18.0. The van der Waals surface area contributed by atoms with Crippen molar-refractivity contribution in [2.45, 2.75) is 63.7 Å². The van der Waals surface area contributed by atoms with Crippen LogP contribution in [0, 0.1) is 12.7 Å². The van der Waals surface area contributed by atoms with Crippen LogP contribution in [0.3, 0.4) is 0 Å². The Morgan fingerprint density at radius 2 is 2.00 bits per heavy atom. The molecule has 7 nitrogen and oxygen atoms in total. The lowest BCUT2D eigenvalue weighted by atomic mass is 9.88. The minimum atomic E-state index is -1.44. The highest BCUT2D eigenvalue weighted by atomic mass is 19.1. The third-order valence-electron chi connectivity index (χ3n) is 7.23. The summed E-state index contributed by atoms with van der Waals surface area (Å²) >= 11 is 0. The first kappa shape index (κ1) is 26.1. The maximum absolute atomic E-state index is 14.0. The van der Waals surface area contributed by atoms with Gasteiger partial charge in [0, 0.05) is 23.1 Å². The normalized spacial score (nSPS) is 19.9. The molecule has 200 valence electrons. The third-order valence-corrected chi connectivity index (χ3v) is 7.23. The Balaban J connectivity index is 1.41. The van der Waals surface area contributed by atoms with Gasteiger partial charge in [-0.25, -0.2) is 9.37 Å². The van der Waals surface area contributed by atoms with Gasteiger partial charge in [-0.15, -0.1) is 0 Å². The first-order valence-corrected chi connectivity index (χ1v) is 12.8. The van der Waals surface area contributed by atoms with Crippen LogP contribution in [-0.4, -0.2) is 35.7 Å². The largest absolute Gasteiger partial charge is 0.493 e. The highest BCUT2D eigenvalue weighted by Gasteiger charge is 2.38. The van der Waals surface area contributed by atoms with E-state index in [0.29, 0.717) is 50.9 Å². The maximum Gasteiger partial charge on any atom is 0.163 e. The summed E-state index contributed by atoms with van der Waals surface area (Å²) < 4.78 is 31.2. The van der Waals surface area contributed by atoms with Crippen LogP contribution in [0.25, 0.3) is 11.3 Å². The third kappa shape index (κ3) is 5.11. The molecule has 1 fully saturated rings. The second kappa shape index (κ2) is 9.67. The van der Waals surface area contributed by atoms with Gasteiger partial charge in [0.25, 0.3) is 0 Å². The van der Waals surface area contributed by atoms with Gasteiger partial charge in [0.1, 0.15) is 23.7 Å². The molecule has 0 amide bonds. The lowest BCUT2D eigenvalue weighted by Crippen LogP contribution is -2.35. The van der Waals surface area contributed by atoms with Crippen LogP contribution >= 0.6 is 0 Å². The molecular formula is C30H33FN2O5. The zero-order chi connectivity index (χ0) is 27.2. The number of rotatable bonds is 9. The molecule has 8 heteroatoms. The molecule has 5 rings (SSSR count). The number of nitrogens with two attached hydrogens (primary N) is 1. The number of hydrogen-bond acceptors (Lipinski definition) is 7. The number of carbonyl (C=O) groups is 1. The molecule has 1 saturated carbocycles. The number of halogens is 1. The van der Waals surface area contributed by atoms with E-state index in [-0.39, 0.29) is 37.2 Å². The lowest BCUT2D eigenvalue weighted by molar-refractivity contribution is 0.0396. The minimum Gasteiger partial charge on any atom is -0.493 e. The molecule has 0 radical (unpaired) electrons. The maximum atomic E-state index is 14.0. The van der Waals surface area contributed by atoms with Crippen LogP contribution in [-0.2, 0) is 11.1 Å². The molecule has 0 bridgehead atoms. The SMILES string of the molecule is COc1cc(C(=O)CCC(C)(O)c2cc3c(c(-c4ccc(F)c(C)c4)n2)OCC3(C)N)ccc1OC1CC1. The molecular weight excluding hydrogens is 487 g/mol. The van der Waals surface area contributed by atoms with Crippen molar-refractivity contribution in [1.82, 2.24) is 4.98 Å². The van der Waals surface area contributed by atoms with E-state index in [1.54, 1.807) is 57.4 Å². The predicted octanol–water partition coefficient (Wildman–Crippen LogP) is 5.18. The zero-order valence-corrected chi connectivity index (χ0v) is 22.1. The Labute approximate surface area is 221 Å².